The molecule has 2 amide bonds. The maximum absolute atomic E-state index is 15.1. The molecular weight excluding hydrogens is 677 g/mol. The number of hydrogen-bond donors (Lipinski definition) is 1. The van der Waals surface area contributed by atoms with Crippen LogP contribution in [0.1, 0.15) is 88.3 Å². The lowest BCUT2D eigenvalue weighted by Gasteiger charge is -2.35. The molecule has 5 fully saturated rings. The van der Waals surface area contributed by atoms with Gasteiger partial charge in [0.1, 0.15) is 5.75 Å². The van der Waals surface area contributed by atoms with Crippen LogP contribution in [0.2, 0.25) is 0 Å². The molecule has 0 radical (unpaired) electrons. The van der Waals surface area contributed by atoms with Crippen LogP contribution in [0.5, 0.6) is 5.75 Å². The number of likely N-dealkylation sites (tertiary alicyclic amines) is 2. The normalized spacial score (nSPS) is 31.4. The van der Waals surface area contributed by atoms with Crippen molar-refractivity contribution >= 4 is 32.7 Å². The molecule has 0 spiro atoms. The first-order chi connectivity index (χ1) is 25.0. The Morgan fingerprint density at radius 3 is 2.40 bits per heavy atom. The van der Waals surface area contributed by atoms with Gasteiger partial charge >= 0.3 is 0 Å². The predicted molar refractivity (Wildman–Crippen MR) is 197 cm³/mol. The number of rotatable bonds is 7. The molecule has 10 nitrogen and oxygen atoms in total. The highest BCUT2D eigenvalue weighted by atomic mass is 32.2. The highest BCUT2D eigenvalue weighted by Gasteiger charge is 2.68. The molecular formula is C41H50N4O6S. The van der Waals surface area contributed by atoms with Crippen LogP contribution in [0.4, 0.5) is 0 Å². The Hall–Kier alpha value is -3.41. The molecule has 2 saturated carbocycles. The molecule has 52 heavy (non-hydrogen) atoms. The molecule has 1 aromatic carbocycles. The lowest BCUT2D eigenvalue weighted by Crippen LogP contribution is -2.43. The summed E-state index contributed by atoms with van der Waals surface area (Å²) in [5, 5.41) is 0.303. The largest absolute Gasteiger partial charge is 0.496 e. The second kappa shape index (κ2) is 11.5. The second-order valence-electron chi connectivity index (χ2n) is 17.4. The fourth-order valence-electron chi connectivity index (χ4n) is 11.2. The van der Waals surface area contributed by atoms with Gasteiger partial charge in [0.2, 0.25) is 15.9 Å². The van der Waals surface area contributed by atoms with Crippen molar-refractivity contribution in [2.45, 2.75) is 94.9 Å². The molecule has 2 aromatic rings. The predicted octanol–water partition coefficient (Wildman–Crippen LogP) is 5.16. The molecule has 276 valence electrons. The molecule has 1 aromatic heterocycles. The van der Waals surface area contributed by atoms with E-state index in [2.05, 4.69) is 49.4 Å². The third-order valence-electron chi connectivity index (χ3n) is 14.1. The molecule has 4 aliphatic heterocycles. The number of nitrogens with zero attached hydrogens (tertiary/aromatic N) is 3. The molecule has 3 saturated heterocycles. The summed E-state index contributed by atoms with van der Waals surface area (Å²) in [6.07, 6.45) is 13.3. The van der Waals surface area contributed by atoms with E-state index in [1.807, 2.05) is 0 Å². The summed E-state index contributed by atoms with van der Waals surface area (Å²) in [7, 11) is -2.11. The number of allylic oxidation sites excluding steroid dienone is 4. The number of nitrogens with one attached hydrogen (secondary N) is 1. The van der Waals surface area contributed by atoms with Gasteiger partial charge in [0, 0.05) is 66.6 Å². The van der Waals surface area contributed by atoms with Gasteiger partial charge in [-0.1, -0.05) is 37.5 Å². The molecule has 2 unspecified atom stereocenters. The number of sulfonamides is 1. The van der Waals surface area contributed by atoms with Crippen LogP contribution >= 0.6 is 0 Å². The SMILES string of the molecule is COc1ccc(C2CCCCC2)c2c1cc1n2CC2=C(C(=O)NS(=O)(=O)C(C)C)C2=C2C=CC[C@@H](C(=O)N3CC45COCC4(C3)CN(C3CC3)C5)[C@@H]21. The van der Waals surface area contributed by atoms with Crippen LogP contribution < -0.4 is 9.46 Å². The van der Waals surface area contributed by atoms with E-state index in [1.54, 1.807) is 21.0 Å². The molecule has 5 heterocycles. The van der Waals surface area contributed by atoms with Crippen molar-refractivity contribution in [2.75, 3.05) is 46.5 Å². The van der Waals surface area contributed by atoms with E-state index in [0.29, 0.717) is 43.7 Å². The fraction of sp³-hybridized carbons (Fsp3) is 0.610. The third kappa shape index (κ3) is 4.76. The number of fused-ring (bicyclic) bond motifs is 6. The van der Waals surface area contributed by atoms with Gasteiger partial charge in [0.15, 0.2) is 0 Å². The highest BCUT2D eigenvalue weighted by Crippen LogP contribution is 2.59. The summed E-state index contributed by atoms with van der Waals surface area (Å²) in [6.45, 7) is 8.49. The zero-order valence-corrected chi connectivity index (χ0v) is 31.4. The summed E-state index contributed by atoms with van der Waals surface area (Å²) in [5.74, 6) is 0.189. The number of amides is 2. The van der Waals surface area contributed by atoms with Gasteiger partial charge in [-0.25, -0.2) is 13.1 Å². The topological polar surface area (TPSA) is 110 Å². The van der Waals surface area contributed by atoms with Gasteiger partial charge in [-0.05, 0) is 86.3 Å². The number of ether oxygens (including phenoxy) is 2. The Balaban J connectivity index is 1.09. The van der Waals surface area contributed by atoms with Gasteiger partial charge in [0.05, 0.1) is 42.6 Å². The standard InChI is InChI=1S/C41H50N4O6S/c1-24(2)52(48,49)42-38(46)36-31-17-45-32(16-30-33(50-3)15-14-27(37(30)45)25-8-5-4-6-9-25)34-28(35(31)36)10-7-11-29(34)39(47)44-20-40-18-43(26-12-13-26)19-41(40,21-44)23-51-22-40/h7,10,14-16,24-26,29,34H,4-6,8-9,11-13,17-23H2,1-3H3,(H,42,46)/t29-,34-,40?,41?/m1/s1. The minimum absolute atomic E-state index is 0.0178. The Kier molecular flexibility index (Phi) is 7.37. The number of methoxy groups -OCH3 is 1. The van der Waals surface area contributed by atoms with Gasteiger partial charge in [-0.3, -0.25) is 14.5 Å². The number of aromatic nitrogens is 1. The molecule has 0 bridgehead atoms. The van der Waals surface area contributed by atoms with E-state index in [4.69, 9.17) is 9.47 Å². The van der Waals surface area contributed by atoms with E-state index in [9.17, 15) is 13.2 Å². The van der Waals surface area contributed by atoms with Crippen molar-refractivity contribution < 1.29 is 27.5 Å². The van der Waals surface area contributed by atoms with Crippen LogP contribution in [-0.4, -0.2) is 92.4 Å². The van der Waals surface area contributed by atoms with Crippen LogP contribution in [0.15, 0.2) is 52.6 Å². The van der Waals surface area contributed by atoms with Crippen molar-refractivity contribution in [3.05, 3.63) is 63.9 Å². The minimum atomic E-state index is -3.83. The van der Waals surface area contributed by atoms with Gasteiger partial charge < -0.3 is 18.9 Å². The van der Waals surface area contributed by atoms with Crippen LogP contribution in [0, 0.1) is 16.7 Å². The monoisotopic (exact) mass is 726 g/mol. The molecule has 1 N–H and O–H groups in total. The average Bonchev–Trinajstić information content (AvgIpc) is 3.97. The zero-order valence-electron chi connectivity index (χ0n) is 30.6. The lowest BCUT2D eigenvalue weighted by molar-refractivity contribution is -0.136. The third-order valence-corrected chi connectivity index (χ3v) is 15.9. The van der Waals surface area contributed by atoms with Crippen molar-refractivity contribution in [2.24, 2.45) is 16.7 Å². The molecule has 4 atom stereocenters. The summed E-state index contributed by atoms with van der Waals surface area (Å²) in [6, 6.07) is 7.28. The minimum Gasteiger partial charge on any atom is -0.496 e. The molecule has 8 aliphatic rings. The van der Waals surface area contributed by atoms with E-state index < -0.39 is 21.2 Å². The van der Waals surface area contributed by atoms with Crippen molar-refractivity contribution in [3.8, 4) is 5.75 Å². The maximum Gasteiger partial charge on any atom is 0.265 e. The molecule has 11 heteroatoms. The smallest absolute Gasteiger partial charge is 0.265 e. The quantitative estimate of drug-likeness (QED) is 0.420. The van der Waals surface area contributed by atoms with E-state index in [-0.39, 0.29) is 28.6 Å². The van der Waals surface area contributed by atoms with Crippen LogP contribution in [-0.2, 0) is 30.9 Å². The number of carbonyl (C=O) groups is 2. The molecule has 10 rings (SSSR count). The van der Waals surface area contributed by atoms with Crippen molar-refractivity contribution in [1.29, 1.82) is 0 Å². The number of carbonyl (C=O) groups excluding carboxylic acids is 2. The van der Waals surface area contributed by atoms with Crippen molar-refractivity contribution in [1.82, 2.24) is 19.1 Å². The summed E-state index contributed by atoms with van der Waals surface area (Å²) in [4.78, 5) is 33.8. The Morgan fingerprint density at radius 2 is 1.73 bits per heavy atom. The first-order valence-corrected chi connectivity index (χ1v) is 21.1. The Labute approximate surface area is 306 Å². The summed E-state index contributed by atoms with van der Waals surface area (Å²) < 4.78 is 42.7. The van der Waals surface area contributed by atoms with E-state index in [1.165, 1.54) is 37.7 Å². The van der Waals surface area contributed by atoms with Gasteiger partial charge in [-0.2, -0.15) is 0 Å². The summed E-state index contributed by atoms with van der Waals surface area (Å²) >= 11 is 0. The number of hydrogen-bond acceptors (Lipinski definition) is 7. The first-order valence-electron chi connectivity index (χ1n) is 19.6. The van der Waals surface area contributed by atoms with Gasteiger partial charge in [-0.15, -0.1) is 0 Å². The van der Waals surface area contributed by atoms with Gasteiger partial charge in [0.25, 0.3) is 5.91 Å². The van der Waals surface area contributed by atoms with Crippen molar-refractivity contribution in [3.63, 3.8) is 0 Å². The summed E-state index contributed by atoms with van der Waals surface area (Å²) in [5.41, 5.74) is 6.56. The Morgan fingerprint density at radius 1 is 1.00 bits per heavy atom. The average molecular weight is 727 g/mol. The van der Waals surface area contributed by atoms with E-state index >= 15 is 4.79 Å². The maximum atomic E-state index is 15.1. The Bertz CT molecular complexity index is 2100. The molecule has 4 aliphatic carbocycles. The first kappa shape index (κ1) is 33.2. The fourth-order valence-corrected chi connectivity index (χ4v) is 11.8. The number of benzene rings is 1. The van der Waals surface area contributed by atoms with Crippen LogP contribution in [0.3, 0.4) is 0 Å². The highest BCUT2D eigenvalue weighted by molar-refractivity contribution is 7.90. The lowest BCUT2D eigenvalue weighted by atomic mass is 9.71. The zero-order chi connectivity index (χ0) is 35.7. The van der Waals surface area contributed by atoms with Crippen LogP contribution in [0.25, 0.3) is 10.9 Å². The van der Waals surface area contributed by atoms with E-state index in [0.717, 1.165) is 78.1 Å². The second-order valence-corrected chi connectivity index (χ2v) is 19.7.